The van der Waals surface area contributed by atoms with Crippen LogP contribution in [0.15, 0.2) is 48.5 Å². The summed E-state index contributed by atoms with van der Waals surface area (Å²) in [6, 6.07) is 17.1. The highest BCUT2D eigenvalue weighted by atomic mass is 16.5. The Labute approximate surface area is 174 Å². The summed E-state index contributed by atoms with van der Waals surface area (Å²) in [5.41, 5.74) is 4.14. The van der Waals surface area contributed by atoms with Crippen LogP contribution in [0.3, 0.4) is 0 Å². The number of carboxylic acid groups (broad SMARTS) is 1. The van der Waals surface area contributed by atoms with Gasteiger partial charge in [-0.2, -0.15) is 0 Å². The first-order valence-electron chi connectivity index (χ1n) is 10.9. The van der Waals surface area contributed by atoms with E-state index in [1.165, 1.54) is 29.5 Å². The van der Waals surface area contributed by atoms with E-state index >= 15 is 0 Å². The Balaban J connectivity index is 1.41. The van der Waals surface area contributed by atoms with Crippen molar-refractivity contribution in [2.75, 3.05) is 26.2 Å². The number of hydrogen-bond acceptors (Lipinski definition) is 3. The van der Waals surface area contributed by atoms with Crippen LogP contribution in [0.5, 0.6) is 5.75 Å². The average molecular weight is 396 g/mol. The quantitative estimate of drug-likeness (QED) is 0.558. The number of unbranched alkanes of at least 4 members (excludes halogenated alkanes) is 2. The number of carbonyl (C=O) groups is 1. The molecule has 0 bridgehead atoms. The van der Waals surface area contributed by atoms with Crippen LogP contribution >= 0.6 is 0 Å². The highest BCUT2D eigenvalue weighted by molar-refractivity contribution is 5.66. The number of fused-ring (bicyclic) bond motifs is 1. The largest absolute Gasteiger partial charge is 0.493 e. The number of nitrogens with zero attached hydrogens (tertiary/aromatic N) is 1. The summed E-state index contributed by atoms with van der Waals surface area (Å²) in [5, 5.41) is 8.84. The molecule has 0 saturated heterocycles. The number of aliphatic carboxylic acids is 1. The molecule has 0 aliphatic carbocycles. The first-order valence-corrected chi connectivity index (χ1v) is 10.9. The highest BCUT2D eigenvalue weighted by Gasteiger charge is 2.17. The van der Waals surface area contributed by atoms with Crippen LogP contribution in [-0.2, 0) is 24.1 Å². The molecule has 2 aromatic rings. The topological polar surface area (TPSA) is 49.8 Å². The van der Waals surface area contributed by atoms with E-state index in [0.29, 0.717) is 0 Å². The molecule has 0 saturated carbocycles. The van der Waals surface area contributed by atoms with Crippen LogP contribution < -0.4 is 4.74 Å². The molecule has 156 valence electrons. The Morgan fingerprint density at radius 2 is 1.76 bits per heavy atom. The van der Waals surface area contributed by atoms with Crippen molar-refractivity contribution in [2.24, 2.45) is 0 Å². The van der Waals surface area contributed by atoms with Crippen LogP contribution in [0, 0.1) is 0 Å². The molecule has 0 aromatic heterocycles. The monoisotopic (exact) mass is 395 g/mol. The zero-order chi connectivity index (χ0) is 20.3. The van der Waals surface area contributed by atoms with Crippen molar-refractivity contribution in [3.05, 3.63) is 65.2 Å². The Kier molecular flexibility index (Phi) is 8.57. The van der Waals surface area contributed by atoms with Crippen LogP contribution in [0.25, 0.3) is 0 Å². The van der Waals surface area contributed by atoms with E-state index in [1.807, 2.05) is 0 Å². The number of carboxylic acids is 1. The van der Waals surface area contributed by atoms with Gasteiger partial charge in [-0.05, 0) is 74.2 Å². The smallest absolute Gasteiger partial charge is 0.303 e. The highest BCUT2D eigenvalue weighted by Crippen LogP contribution is 2.26. The van der Waals surface area contributed by atoms with E-state index in [0.717, 1.165) is 64.1 Å². The number of benzene rings is 2. The molecule has 0 amide bonds. The normalized spacial score (nSPS) is 14.2. The predicted molar refractivity (Wildman–Crippen MR) is 117 cm³/mol. The third kappa shape index (κ3) is 7.21. The van der Waals surface area contributed by atoms with Gasteiger partial charge < -0.3 is 14.7 Å². The molecule has 1 N–H and O–H groups in total. The van der Waals surface area contributed by atoms with Gasteiger partial charge in [0.1, 0.15) is 5.75 Å². The number of hydrogen-bond donors (Lipinski definition) is 1. The van der Waals surface area contributed by atoms with Crippen molar-refractivity contribution in [1.29, 1.82) is 0 Å². The van der Waals surface area contributed by atoms with Gasteiger partial charge in [-0.25, -0.2) is 0 Å². The van der Waals surface area contributed by atoms with E-state index in [4.69, 9.17) is 9.84 Å². The van der Waals surface area contributed by atoms with Crippen molar-refractivity contribution in [2.45, 2.75) is 51.4 Å². The third-order valence-corrected chi connectivity index (χ3v) is 5.68. The minimum Gasteiger partial charge on any atom is -0.493 e. The van der Waals surface area contributed by atoms with Crippen LogP contribution in [0.2, 0.25) is 0 Å². The molecule has 0 radical (unpaired) electrons. The van der Waals surface area contributed by atoms with Crippen LogP contribution in [0.4, 0.5) is 0 Å². The summed E-state index contributed by atoms with van der Waals surface area (Å²) in [5.74, 6) is 0.334. The first-order chi connectivity index (χ1) is 14.2. The molecule has 29 heavy (non-hydrogen) atoms. The van der Waals surface area contributed by atoms with Gasteiger partial charge in [0.15, 0.2) is 0 Å². The minimum atomic E-state index is -0.706. The number of aryl methyl sites for hydroxylation is 1. The Morgan fingerprint density at radius 1 is 0.931 bits per heavy atom. The van der Waals surface area contributed by atoms with Gasteiger partial charge in [-0.15, -0.1) is 0 Å². The SMILES string of the molecule is O=C(O)CCCN1CCc2cccc(OCCCCCc3ccccc3)c2CC1. The van der Waals surface area contributed by atoms with Crippen molar-refractivity contribution in [3.63, 3.8) is 0 Å². The summed E-state index contributed by atoms with van der Waals surface area (Å²) in [4.78, 5) is 13.1. The lowest BCUT2D eigenvalue weighted by Gasteiger charge is -2.19. The van der Waals surface area contributed by atoms with Gasteiger partial charge in [0.2, 0.25) is 0 Å². The molecular formula is C25H33NO3. The maximum Gasteiger partial charge on any atom is 0.303 e. The predicted octanol–water partition coefficient (Wildman–Crippen LogP) is 4.74. The van der Waals surface area contributed by atoms with E-state index in [2.05, 4.69) is 53.4 Å². The van der Waals surface area contributed by atoms with E-state index < -0.39 is 5.97 Å². The zero-order valence-electron chi connectivity index (χ0n) is 17.3. The number of rotatable bonds is 11. The molecule has 2 aromatic carbocycles. The van der Waals surface area contributed by atoms with E-state index in [-0.39, 0.29) is 6.42 Å². The van der Waals surface area contributed by atoms with Gasteiger partial charge in [-0.3, -0.25) is 4.79 Å². The van der Waals surface area contributed by atoms with Crippen molar-refractivity contribution in [1.82, 2.24) is 4.90 Å². The van der Waals surface area contributed by atoms with Gasteiger partial charge in [0, 0.05) is 19.5 Å². The minimum absolute atomic E-state index is 0.252. The molecule has 1 aliphatic heterocycles. The van der Waals surface area contributed by atoms with Gasteiger partial charge in [-0.1, -0.05) is 42.5 Å². The van der Waals surface area contributed by atoms with Crippen LogP contribution in [0.1, 0.15) is 48.8 Å². The molecule has 0 atom stereocenters. The zero-order valence-corrected chi connectivity index (χ0v) is 17.3. The van der Waals surface area contributed by atoms with Gasteiger partial charge in [0.05, 0.1) is 6.61 Å². The van der Waals surface area contributed by atoms with Gasteiger partial charge in [0.25, 0.3) is 0 Å². The fraction of sp³-hybridized carbons (Fsp3) is 0.480. The van der Waals surface area contributed by atoms with E-state index in [9.17, 15) is 4.79 Å². The molecule has 4 heteroatoms. The molecule has 0 unspecified atom stereocenters. The summed E-state index contributed by atoms with van der Waals surface area (Å²) in [6.07, 6.45) is 7.56. The van der Waals surface area contributed by atoms with Crippen molar-refractivity contribution in [3.8, 4) is 5.75 Å². The summed E-state index contributed by atoms with van der Waals surface area (Å²) >= 11 is 0. The molecule has 4 nitrogen and oxygen atoms in total. The van der Waals surface area contributed by atoms with Crippen LogP contribution in [-0.4, -0.2) is 42.2 Å². The fourth-order valence-corrected chi connectivity index (χ4v) is 4.04. The fourth-order valence-electron chi connectivity index (χ4n) is 4.04. The molecule has 3 rings (SSSR count). The van der Waals surface area contributed by atoms with Crippen molar-refractivity contribution >= 4 is 5.97 Å². The second kappa shape index (κ2) is 11.6. The summed E-state index contributed by atoms with van der Waals surface area (Å²) in [7, 11) is 0. The molecular weight excluding hydrogens is 362 g/mol. The second-order valence-corrected chi connectivity index (χ2v) is 7.88. The van der Waals surface area contributed by atoms with E-state index in [1.54, 1.807) is 0 Å². The lowest BCUT2D eigenvalue weighted by molar-refractivity contribution is -0.137. The van der Waals surface area contributed by atoms with Crippen molar-refractivity contribution < 1.29 is 14.6 Å². The maximum absolute atomic E-state index is 10.7. The molecule has 0 fully saturated rings. The molecule has 1 heterocycles. The summed E-state index contributed by atoms with van der Waals surface area (Å²) < 4.78 is 6.16. The molecule has 0 spiro atoms. The average Bonchev–Trinajstić information content (AvgIpc) is 2.94. The second-order valence-electron chi connectivity index (χ2n) is 7.88. The lowest BCUT2D eigenvalue weighted by Crippen LogP contribution is -2.27. The Bertz CT molecular complexity index is 760. The Morgan fingerprint density at radius 3 is 2.59 bits per heavy atom. The standard InChI is InChI=1S/C25H33NO3/c27-25(28)14-8-17-26-18-15-22-12-7-13-24(23(22)16-19-26)29-20-6-2-5-11-21-9-3-1-4-10-21/h1,3-4,7,9-10,12-13H,2,5-6,8,11,14-20H2,(H,27,28). The Hall–Kier alpha value is -2.33. The van der Waals surface area contributed by atoms with Gasteiger partial charge >= 0.3 is 5.97 Å². The lowest BCUT2D eigenvalue weighted by atomic mass is 10.0. The molecule has 1 aliphatic rings. The third-order valence-electron chi connectivity index (χ3n) is 5.68. The maximum atomic E-state index is 10.7. The summed E-state index contributed by atoms with van der Waals surface area (Å²) in [6.45, 7) is 3.60. The first kappa shape index (κ1) is 21.4. The number of ether oxygens (including phenoxy) is 1.